The molecule has 0 aliphatic carbocycles. The van der Waals surface area contributed by atoms with Crippen molar-refractivity contribution in [1.82, 2.24) is 0 Å². The molecule has 0 radical (unpaired) electrons. The Labute approximate surface area is 127 Å². The first-order chi connectivity index (χ1) is 10.1. The summed E-state index contributed by atoms with van der Waals surface area (Å²) in [6.07, 6.45) is 0. The molecule has 2 aromatic carbocycles. The fraction of sp³-hybridized carbons (Fsp3) is 0.133. The van der Waals surface area contributed by atoms with Crippen LogP contribution in [-0.2, 0) is 0 Å². The van der Waals surface area contributed by atoms with E-state index in [1.165, 1.54) is 26.4 Å². The van der Waals surface area contributed by atoms with E-state index in [4.69, 9.17) is 21.1 Å². The molecule has 0 unspecified atom stereocenters. The summed E-state index contributed by atoms with van der Waals surface area (Å²) < 4.78 is 10.3. The minimum Gasteiger partial charge on any atom is -0.507 e. The lowest BCUT2D eigenvalue weighted by molar-refractivity contribution is 0.102. The summed E-state index contributed by atoms with van der Waals surface area (Å²) in [6.45, 7) is 0. The van der Waals surface area contributed by atoms with Crippen molar-refractivity contribution in [1.29, 1.82) is 0 Å². The van der Waals surface area contributed by atoms with Gasteiger partial charge in [0.2, 0.25) is 0 Å². The van der Waals surface area contributed by atoms with Crippen LogP contribution < -0.4 is 14.8 Å². The Morgan fingerprint density at radius 1 is 1.14 bits per heavy atom. The molecular weight excluding hydrogens is 294 g/mol. The first kappa shape index (κ1) is 15.0. The first-order valence-corrected chi connectivity index (χ1v) is 6.45. The van der Waals surface area contributed by atoms with Crippen LogP contribution in [0.3, 0.4) is 0 Å². The maximum absolute atomic E-state index is 12.2. The molecule has 0 saturated heterocycles. The predicted octanol–water partition coefficient (Wildman–Crippen LogP) is 3.32. The summed E-state index contributed by atoms with van der Waals surface area (Å²) in [5.74, 6) is 0.236. The predicted molar refractivity (Wildman–Crippen MR) is 80.6 cm³/mol. The van der Waals surface area contributed by atoms with Crippen LogP contribution in [0.4, 0.5) is 5.69 Å². The zero-order valence-corrected chi connectivity index (χ0v) is 12.3. The van der Waals surface area contributed by atoms with Crippen LogP contribution in [0.25, 0.3) is 0 Å². The Bertz CT molecular complexity index is 673. The lowest BCUT2D eigenvalue weighted by atomic mass is 10.2. The number of anilines is 1. The first-order valence-electron chi connectivity index (χ1n) is 6.07. The van der Waals surface area contributed by atoms with Gasteiger partial charge in [-0.3, -0.25) is 4.79 Å². The standard InChI is InChI=1S/C15H14ClNO4/c1-20-13-8-11(14(21-2)7-10(13)16)17-15(19)9-5-3-4-6-12(9)18/h3-8,18H,1-2H3,(H,17,19). The molecule has 0 aliphatic rings. The van der Waals surface area contributed by atoms with Gasteiger partial charge in [-0.1, -0.05) is 23.7 Å². The number of rotatable bonds is 4. The van der Waals surface area contributed by atoms with Crippen molar-refractivity contribution in [3.63, 3.8) is 0 Å². The number of phenolic OH excluding ortho intramolecular Hbond substituents is 1. The van der Waals surface area contributed by atoms with Gasteiger partial charge in [0.15, 0.2) is 0 Å². The highest BCUT2D eigenvalue weighted by atomic mass is 35.5. The number of ether oxygens (including phenoxy) is 2. The molecule has 0 heterocycles. The summed E-state index contributed by atoms with van der Waals surface area (Å²) >= 11 is 6.00. The largest absolute Gasteiger partial charge is 0.507 e. The summed E-state index contributed by atoms with van der Waals surface area (Å²) in [7, 11) is 2.94. The molecule has 0 fully saturated rings. The normalized spacial score (nSPS) is 10.0. The van der Waals surface area contributed by atoms with Gasteiger partial charge >= 0.3 is 0 Å². The van der Waals surface area contributed by atoms with Gasteiger partial charge in [0.05, 0.1) is 30.5 Å². The number of hydrogen-bond acceptors (Lipinski definition) is 4. The van der Waals surface area contributed by atoms with Crippen LogP contribution in [0, 0.1) is 0 Å². The number of amides is 1. The molecule has 2 aromatic rings. The molecule has 0 spiro atoms. The number of para-hydroxylation sites is 1. The molecular formula is C15H14ClNO4. The van der Waals surface area contributed by atoms with E-state index in [2.05, 4.69) is 5.32 Å². The van der Waals surface area contributed by atoms with Crippen LogP contribution in [0.15, 0.2) is 36.4 Å². The number of carbonyl (C=O) groups is 1. The fourth-order valence-corrected chi connectivity index (χ4v) is 2.04. The number of hydrogen-bond donors (Lipinski definition) is 2. The molecule has 1 amide bonds. The zero-order valence-electron chi connectivity index (χ0n) is 11.5. The Hall–Kier alpha value is -2.40. The number of methoxy groups -OCH3 is 2. The lowest BCUT2D eigenvalue weighted by Gasteiger charge is -2.13. The smallest absolute Gasteiger partial charge is 0.259 e. The molecule has 0 saturated carbocycles. The van der Waals surface area contributed by atoms with E-state index < -0.39 is 5.91 Å². The maximum Gasteiger partial charge on any atom is 0.259 e. The molecule has 2 N–H and O–H groups in total. The van der Waals surface area contributed by atoms with Gasteiger partial charge in [-0.2, -0.15) is 0 Å². The van der Waals surface area contributed by atoms with Gasteiger partial charge in [-0.05, 0) is 12.1 Å². The molecule has 21 heavy (non-hydrogen) atoms. The van der Waals surface area contributed by atoms with Gasteiger partial charge in [-0.25, -0.2) is 0 Å². The van der Waals surface area contributed by atoms with Crippen LogP contribution in [0.2, 0.25) is 5.02 Å². The molecule has 110 valence electrons. The Balaban J connectivity index is 2.35. The minimum absolute atomic E-state index is 0.102. The van der Waals surface area contributed by atoms with Gasteiger partial charge in [0, 0.05) is 12.1 Å². The minimum atomic E-state index is -0.462. The summed E-state index contributed by atoms with van der Waals surface area (Å²) in [5.41, 5.74) is 0.556. The molecule has 6 heteroatoms. The van der Waals surface area contributed by atoms with Gasteiger partial charge in [-0.15, -0.1) is 0 Å². The van der Waals surface area contributed by atoms with E-state index >= 15 is 0 Å². The third-order valence-electron chi connectivity index (χ3n) is 2.87. The average molecular weight is 308 g/mol. The SMILES string of the molecule is COc1cc(NC(=O)c2ccccc2O)c(OC)cc1Cl. The number of carbonyl (C=O) groups excluding carboxylic acids is 1. The van der Waals surface area contributed by atoms with E-state index in [0.717, 1.165) is 0 Å². The second-order valence-corrected chi connectivity index (χ2v) is 4.57. The molecule has 0 atom stereocenters. The highest BCUT2D eigenvalue weighted by Gasteiger charge is 2.15. The van der Waals surface area contributed by atoms with Crippen molar-refractivity contribution in [3.05, 3.63) is 47.0 Å². The van der Waals surface area contributed by atoms with E-state index in [0.29, 0.717) is 22.2 Å². The van der Waals surface area contributed by atoms with E-state index in [1.54, 1.807) is 24.3 Å². The van der Waals surface area contributed by atoms with E-state index in [1.807, 2.05) is 0 Å². The molecule has 0 aliphatic heterocycles. The fourth-order valence-electron chi connectivity index (χ4n) is 1.81. The van der Waals surface area contributed by atoms with Gasteiger partial charge < -0.3 is 19.9 Å². The van der Waals surface area contributed by atoms with Crippen molar-refractivity contribution in [2.24, 2.45) is 0 Å². The molecule has 2 rings (SSSR count). The Morgan fingerprint density at radius 2 is 1.81 bits per heavy atom. The van der Waals surface area contributed by atoms with Crippen LogP contribution in [0.5, 0.6) is 17.2 Å². The topological polar surface area (TPSA) is 67.8 Å². The van der Waals surface area contributed by atoms with E-state index in [-0.39, 0.29) is 11.3 Å². The number of phenols is 1. The summed E-state index contributed by atoms with van der Waals surface area (Å²) in [5, 5.41) is 12.7. The Kier molecular flexibility index (Phi) is 4.55. The molecule has 5 nitrogen and oxygen atoms in total. The Morgan fingerprint density at radius 3 is 2.43 bits per heavy atom. The zero-order chi connectivity index (χ0) is 15.4. The number of nitrogens with one attached hydrogen (secondary N) is 1. The highest BCUT2D eigenvalue weighted by Crippen LogP contribution is 2.36. The van der Waals surface area contributed by atoms with Crippen molar-refractivity contribution >= 4 is 23.2 Å². The average Bonchev–Trinajstić information content (AvgIpc) is 2.48. The van der Waals surface area contributed by atoms with Crippen molar-refractivity contribution in [2.45, 2.75) is 0 Å². The maximum atomic E-state index is 12.2. The second-order valence-electron chi connectivity index (χ2n) is 4.16. The van der Waals surface area contributed by atoms with E-state index in [9.17, 15) is 9.90 Å². The van der Waals surface area contributed by atoms with Crippen LogP contribution >= 0.6 is 11.6 Å². The highest BCUT2D eigenvalue weighted by molar-refractivity contribution is 6.32. The molecule has 0 aromatic heterocycles. The van der Waals surface area contributed by atoms with Gasteiger partial charge in [0.25, 0.3) is 5.91 Å². The second kappa shape index (κ2) is 6.37. The van der Waals surface area contributed by atoms with Gasteiger partial charge in [0.1, 0.15) is 17.2 Å². The number of benzene rings is 2. The quantitative estimate of drug-likeness (QED) is 0.909. The third-order valence-corrected chi connectivity index (χ3v) is 3.17. The molecule has 0 bridgehead atoms. The number of aromatic hydroxyl groups is 1. The van der Waals surface area contributed by atoms with Crippen LogP contribution in [0.1, 0.15) is 10.4 Å². The van der Waals surface area contributed by atoms with Crippen molar-refractivity contribution < 1.29 is 19.4 Å². The summed E-state index contributed by atoms with van der Waals surface area (Å²) in [6, 6.07) is 9.35. The van der Waals surface area contributed by atoms with Crippen LogP contribution in [-0.4, -0.2) is 25.2 Å². The van der Waals surface area contributed by atoms with Crippen molar-refractivity contribution in [2.75, 3.05) is 19.5 Å². The third kappa shape index (κ3) is 3.20. The monoisotopic (exact) mass is 307 g/mol. The summed E-state index contributed by atoms with van der Waals surface area (Å²) in [4.78, 5) is 12.2. The van der Waals surface area contributed by atoms with Crippen molar-refractivity contribution in [3.8, 4) is 17.2 Å². The number of halogens is 1. The lowest BCUT2D eigenvalue weighted by Crippen LogP contribution is -2.13.